The minimum Gasteiger partial charge on any atom is -0.375 e. The molecule has 1 fully saturated rings. The third kappa shape index (κ3) is 3.96. The number of aliphatic hydroxyl groups is 1. The number of carbonyl (C=O) groups is 2. The number of amides is 2. The molecule has 2 heterocycles. The van der Waals surface area contributed by atoms with Crippen LogP contribution in [0.3, 0.4) is 0 Å². The zero-order valence-electron chi connectivity index (χ0n) is 15.1. The molecule has 142 valence electrons. The third-order valence-electron chi connectivity index (χ3n) is 4.91. The van der Waals surface area contributed by atoms with Crippen molar-refractivity contribution >= 4 is 23.4 Å². The molecule has 0 spiro atoms. The van der Waals surface area contributed by atoms with E-state index in [1.54, 1.807) is 65.4 Å². The third-order valence-corrected chi connectivity index (χ3v) is 5.14. The zero-order chi connectivity index (χ0) is 19.4. The average molecular weight is 388 g/mol. The van der Waals surface area contributed by atoms with Gasteiger partial charge in [-0.2, -0.15) is 0 Å². The van der Waals surface area contributed by atoms with E-state index in [4.69, 9.17) is 11.6 Å². The molecular weight excluding hydrogens is 366 g/mol. The molecule has 6 nitrogen and oxygen atoms in total. The lowest BCUT2D eigenvalue weighted by Crippen LogP contribution is -2.55. The Kier molecular flexibility index (Phi) is 5.77. The Morgan fingerprint density at radius 2 is 1.81 bits per heavy atom. The van der Waals surface area contributed by atoms with Crippen molar-refractivity contribution in [3.63, 3.8) is 0 Å². The fourth-order valence-electron chi connectivity index (χ4n) is 3.25. The van der Waals surface area contributed by atoms with Crippen LogP contribution in [0.4, 0.5) is 0 Å². The maximum absolute atomic E-state index is 13.0. The highest BCUT2D eigenvalue weighted by Crippen LogP contribution is 2.29. The summed E-state index contributed by atoms with van der Waals surface area (Å²) in [6.07, 6.45) is 1.82. The van der Waals surface area contributed by atoms with Gasteiger partial charge in [0, 0.05) is 37.4 Å². The minimum atomic E-state index is -1.63. The quantitative estimate of drug-likeness (QED) is 0.873. The van der Waals surface area contributed by atoms with Crippen molar-refractivity contribution in [2.24, 2.45) is 0 Å². The largest absolute Gasteiger partial charge is 0.375 e. The van der Waals surface area contributed by atoms with E-state index in [-0.39, 0.29) is 18.2 Å². The number of rotatable bonds is 4. The summed E-state index contributed by atoms with van der Waals surface area (Å²) in [5.41, 5.74) is -0.756. The lowest BCUT2D eigenvalue weighted by Gasteiger charge is -2.39. The molecular formula is C20H22ClN3O3. The summed E-state index contributed by atoms with van der Waals surface area (Å²) in [6.45, 7) is 3.28. The molecule has 2 aromatic rings. The van der Waals surface area contributed by atoms with Crippen LogP contribution in [0.2, 0.25) is 5.02 Å². The topological polar surface area (TPSA) is 73.7 Å². The van der Waals surface area contributed by atoms with Crippen LogP contribution in [0.15, 0.2) is 48.7 Å². The number of nitrogens with zero attached hydrogens (tertiary/aromatic N) is 3. The van der Waals surface area contributed by atoms with Crippen molar-refractivity contribution in [3.8, 4) is 0 Å². The molecule has 2 amide bonds. The molecule has 0 aliphatic carbocycles. The van der Waals surface area contributed by atoms with Crippen LogP contribution in [-0.4, -0.2) is 57.9 Å². The molecule has 1 aromatic carbocycles. The van der Waals surface area contributed by atoms with E-state index >= 15 is 0 Å². The summed E-state index contributed by atoms with van der Waals surface area (Å²) in [7, 11) is 0. The first-order chi connectivity index (χ1) is 13.0. The average Bonchev–Trinajstić information content (AvgIpc) is 2.73. The molecule has 1 N–H and O–H groups in total. The second-order valence-corrected chi connectivity index (χ2v) is 6.96. The number of benzene rings is 1. The van der Waals surface area contributed by atoms with Crippen LogP contribution in [0.1, 0.15) is 29.4 Å². The summed E-state index contributed by atoms with van der Waals surface area (Å²) in [4.78, 5) is 32.9. The minimum absolute atomic E-state index is 0.150. The van der Waals surface area contributed by atoms with Gasteiger partial charge in [-0.25, -0.2) is 0 Å². The van der Waals surface area contributed by atoms with E-state index in [1.807, 2.05) is 0 Å². The zero-order valence-corrected chi connectivity index (χ0v) is 15.9. The maximum atomic E-state index is 13.0. The monoisotopic (exact) mass is 387 g/mol. The van der Waals surface area contributed by atoms with Crippen molar-refractivity contribution in [2.75, 3.05) is 26.2 Å². The van der Waals surface area contributed by atoms with Crippen molar-refractivity contribution in [1.29, 1.82) is 0 Å². The Morgan fingerprint density at radius 1 is 1.11 bits per heavy atom. The van der Waals surface area contributed by atoms with E-state index < -0.39 is 5.60 Å². The number of piperazine rings is 1. The Hall–Kier alpha value is -2.44. The first-order valence-corrected chi connectivity index (χ1v) is 9.31. The van der Waals surface area contributed by atoms with Crippen LogP contribution >= 0.6 is 11.6 Å². The summed E-state index contributed by atoms with van der Waals surface area (Å²) >= 11 is 6.02. The van der Waals surface area contributed by atoms with Gasteiger partial charge in [0.15, 0.2) is 5.60 Å². The molecule has 27 heavy (non-hydrogen) atoms. The van der Waals surface area contributed by atoms with Gasteiger partial charge in [-0.05, 0) is 36.2 Å². The highest BCUT2D eigenvalue weighted by molar-refractivity contribution is 6.30. The molecule has 0 bridgehead atoms. The van der Waals surface area contributed by atoms with E-state index in [9.17, 15) is 14.7 Å². The SMILES string of the molecule is CCC(O)(C(=O)N1CCN(C(=O)c2ccccn2)CC1)c1cccc(Cl)c1. The molecule has 1 aromatic heterocycles. The molecule has 1 unspecified atom stereocenters. The highest BCUT2D eigenvalue weighted by atomic mass is 35.5. The van der Waals surface area contributed by atoms with Gasteiger partial charge in [-0.1, -0.05) is 36.7 Å². The second kappa shape index (κ2) is 8.06. The van der Waals surface area contributed by atoms with Gasteiger partial charge in [0.1, 0.15) is 5.69 Å². The van der Waals surface area contributed by atoms with Crippen LogP contribution in [0.25, 0.3) is 0 Å². The molecule has 1 saturated heterocycles. The second-order valence-electron chi connectivity index (χ2n) is 6.52. The smallest absolute Gasteiger partial charge is 0.272 e. The van der Waals surface area contributed by atoms with Gasteiger partial charge in [0.2, 0.25) is 0 Å². The van der Waals surface area contributed by atoms with E-state index in [1.165, 1.54) is 0 Å². The van der Waals surface area contributed by atoms with Crippen LogP contribution in [-0.2, 0) is 10.4 Å². The summed E-state index contributed by atoms with van der Waals surface area (Å²) < 4.78 is 0. The molecule has 1 aliphatic heterocycles. The Labute approximate surface area is 163 Å². The van der Waals surface area contributed by atoms with Crippen LogP contribution < -0.4 is 0 Å². The van der Waals surface area contributed by atoms with E-state index in [0.29, 0.717) is 42.5 Å². The molecule has 3 rings (SSSR count). The van der Waals surface area contributed by atoms with Gasteiger partial charge in [-0.15, -0.1) is 0 Å². The molecule has 0 saturated carbocycles. The first-order valence-electron chi connectivity index (χ1n) is 8.94. The van der Waals surface area contributed by atoms with Crippen LogP contribution in [0.5, 0.6) is 0 Å². The van der Waals surface area contributed by atoms with Gasteiger partial charge >= 0.3 is 0 Å². The summed E-state index contributed by atoms with van der Waals surface area (Å²) in [5.74, 6) is -0.513. The van der Waals surface area contributed by atoms with E-state index in [2.05, 4.69) is 4.98 Å². The molecule has 0 radical (unpaired) electrons. The Morgan fingerprint density at radius 3 is 2.41 bits per heavy atom. The standard InChI is InChI=1S/C20H22ClN3O3/c1-2-20(27,15-6-5-7-16(21)14-15)19(26)24-12-10-23(11-13-24)18(25)17-8-3-4-9-22-17/h3-9,14,27H,2,10-13H2,1H3. The van der Waals surface area contributed by atoms with Crippen molar-refractivity contribution in [3.05, 3.63) is 64.9 Å². The fourth-order valence-corrected chi connectivity index (χ4v) is 3.44. The molecule has 1 atom stereocenters. The van der Waals surface area contributed by atoms with Crippen molar-refractivity contribution < 1.29 is 14.7 Å². The number of pyridine rings is 1. The van der Waals surface area contributed by atoms with Gasteiger partial charge in [0.25, 0.3) is 11.8 Å². The number of hydrogen-bond donors (Lipinski definition) is 1. The van der Waals surface area contributed by atoms with E-state index in [0.717, 1.165) is 0 Å². The van der Waals surface area contributed by atoms with Gasteiger partial charge < -0.3 is 14.9 Å². The normalized spacial score (nSPS) is 16.7. The number of carbonyl (C=O) groups excluding carboxylic acids is 2. The number of halogens is 1. The predicted octanol–water partition coefficient (Wildman–Crippen LogP) is 2.32. The van der Waals surface area contributed by atoms with Gasteiger partial charge in [0.05, 0.1) is 0 Å². The van der Waals surface area contributed by atoms with Crippen molar-refractivity contribution in [2.45, 2.75) is 18.9 Å². The molecule has 1 aliphatic rings. The summed E-state index contributed by atoms with van der Waals surface area (Å²) in [5, 5.41) is 11.5. The van der Waals surface area contributed by atoms with Crippen LogP contribution in [0, 0.1) is 0 Å². The fraction of sp³-hybridized carbons (Fsp3) is 0.350. The predicted molar refractivity (Wildman–Crippen MR) is 102 cm³/mol. The highest BCUT2D eigenvalue weighted by Gasteiger charge is 2.40. The Bertz CT molecular complexity index is 822. The first kappa shape index (κ1) is 19.3. The lowest BCUT2D eigenvalue weighted by molar-refractivity contribution is -0.154. The molecule has 7 heteroatoms. The maximum Gasteiger partial charge on any atom is 0.272 e. The number of aromatic nitrogens is 1. The van der Waals surface area contributed by atoms with Gasteiger partial charge in [-0.3, -0.25) is 14.6 Å². The lowest BCUT2D eigenvalue weighted by atomic mass is 9.89. The number of hydrogen-bond acceptors (Lipinski definition) is 4. The summed E-state index contributed by atoms with van der Waals surface area (Å²) in [6, 6.07) is 11.9. The Balaban J connectivity index is 1.69. The van der Waals surface area contributed by atoms with Crippen molar-refractivity contribution in [1.82, 2.24) is 14.8 Å².